The van der Waals surface area contributed by atoms with E-state index in [1.54, 1.807) is 0 Å². The normalized spacial score (nSPS) is 19.4. The van der Waals surface area contributed by atoms with Gasteiger partial charge in [-0.25, -0.2) is 4.39 Å². The fourth-order valence-corrected chi connectivity index (χ4v) is 2.59. The lowest BCUT2D eigenvalue weighted by atomic mass is 9.94. The molecule has 1 atom stereocenters. The highest BCUT2D eigenvalue weighted by Crippen LogP contribution is 2.32. The summed E-state index contributed by atoms with van der Waals surface area (Å²) >= 11 is 11.9. The molecule has 0 radical (unpaired) electrons. The van der Waals surface area contributed by atoms with E-state index >= 15 is 0 Å². The van der Waals surface area contributed by atoms with Gasteiger partial charge in [-0.1, -0.05) is 35.4 Å². The molecule has 2 rings (SSSR count). The summed E-state index contributed by atoms with van der Waals surface area (Å²) in [5, 5.41) is 3.88. The Balaban J connectivity index is 2.01. The molecule has 4 heteroatoms. The lowest BCUT2D eigenvalue weighted by Crippen LogP contribution is -2.15. The SMILES string of the molecule is Fc1cc(Cl)c(NCC2CC=CCC2)c(Cl)c1. The van der Waals surface area contributed by atoms with Crippen LogP contribution in [0.2, 0.25) is 10.0 Å². The van der Waals surface area contributed by atoms with Crippen LogP contribution in [-0.4, -0.2) is 6.54 Å². The van der Waals surface area contributed by atoms with Gasteiger partial charge >= 0.3 is 0 Å². The topological polar surface area (TPSA) is 12.0 Å². The Kier molecular flexibility index (Phi) is 4.30. The van der Waals surface area contributed by atoms with Crippen molar-refractivity contribution in [2.75, 3.05) is 11.9 Å². The molecule has 1 aliphatic rings. The quantitative estimate of drug-likeness (QED) is 0.773. The van der Waals surface area contributed by atoms with Crippen LogP contribution in [0.25, 0.3) is 0 Å². The lowest BCUT2D eigenvalue weighted by molar-refractivity contribution is 0.504. The number of anilines is 1. The summed E-state index contributed by atoms with van der Waals surface area (Å²) in [5.41, 5.74) is 0.629. The first-order chi connectivity index (χ1) is 8.16. The van der Waals surface area contributed by atoms with E-state index in [1.807, 2.05) is 0 Å². The Labute approximate surface area is 111 Å². The van der Waals surface area contributed by atoms with Crippen LogP contribution in [0.15, 0.2) is 24.3 Å². The number of benzene rings is 1. The first kappa shape index (κ1) is 12.7. The smallest absolute Gasteiger partial charge is 0.126 e. The molecule has 1 nitrogen and oxygen atoms in total. The van der Waals surface area contributed by atoms with Gasteiger partial charge in [-0.05, 0) is 37.3 Å². The maximum Gasteiger partial charge on any atom is 0.126 e. The molecule has 0 saturated heterocycles. The van der Waals surface area contributed by atoms with Crippen LogP contribution in [0.5, 0.6) is 0 Å². The van der Waals surface area contributed by atoms with Gasteiger partial charge in [0, 0.05) is 6.54 Å². The predicted molar refractivity (Wildman–Crippen MR) is 71.4 cm³/mol. The van der Waals surface area contributed by atoms with Gasteiger partial charge in [0.15, 0.2) is 0 Å². The number of nitrogens with one attached hydrogen (secondary N) is 1. The fourth-order valence-electron chi connectivity index (χ4n) is 2.00. The van der Waals surface area contributed by atoms with Crippen LogP contribution in [-0.2, 0) is 0 Å². The van der Waals surface area contributed by atoms with Gasteiger partial charge in [0.05, 0.1) is 15.7 Å². The van der Waals surface area contributed by atoms with Crippen LogP contribution >= 0.6 is 23.2 Å². The van der Waals surface area contributed by atoms with Crippen LogP contribution in [0.1, 0.15) is 19.3 Å². The van der Waals surface area contributed by atoms with Crippen molar-refractivity contribution in [1.29, 1.82) is 0 Å². The van der Waals surface area contributed by atoms with E-state index in [9.17, 15) is 4.39 Å². The molecule has 0 saturated carbocycles. The van der Waals surface area contributed by atoms with Crippen molar-refractivity contribution in [2.45, 2.75) is 19.3 Å². The highest BCUT2D eigenvalue weighted by atomic mass is 35.5. The third-order valence-electron chi connectivity index (χ3n) is 2.95. The molecule has 0 spiro atoms. The average Bonchev–Trinajstić information content (AvgIpc) is 2.29. The lowest BCUT2D eigenvalue weighted by Gasteiger charge is -2.19. The molecule has 0 heterocycles. The highest BCUT2D eigenvalue weighted by Gasteiger charge is 2.12. The van der Waals surface area contributed by atoms with E-state index in [1.165, 1.54) is 18.6 Å². The minimum atomic E-state index is -0.411. The standard InChI is InChI=1S/C13H14Cl2FN/c14-11-6-10(16)7-12(15)13(11)17-8-9-4-2-1-3-5-9/h1-2,6-7,9,17H,3-5,8H2. The summed E-state index contributed by atoms with van der Waals surface area (Å²) in [6.07, 6.45) is 7.76. The minimum absolute atomic E-state index is 0.335. The van der Waals surface area contributed by atoms with Crippen molar-refractivity contribution < 1.29 is 4.39 Å². The molecule has 0 fully saturated rings. The number of halogens is 3. The van der Waals surface area contributed by atoms with Gasteiger partial charge in [-0.2, -0.15) is 0 Å². The molecule has 1 unspecified atom stereocenters. The summed E-state index contributed by atoms with van der Waals surface area (Å²) in [5.74, 6) is 0.184. The molecule has 92 valence electrons. The van der Waals surface area contributed by atoms with Gasteiger partial charge in [-0.15, -0.1) is 0 Å². The summed E-state index contributed by atoms with van der Waals surface area (Å²) in [6.45, 7) is 0.815. The van der Waals surface area contributed by atoms with E-state index in [4.69, 9.17) is 23.2 Å². The van der Waals surface area contributed by atoms with Crippen molar-refractivity contribution >= 4 is 28.9 Å². The Morgan fingerprint density at radius 2 is 1.94 bits per heavy atom. The van der Waals surface area contributed by atoms with Crippen molar-refractivity contribution in [3.05, 3.63) is 40.1 Å². The Bertz CT molecular complexity index is 408. The Hall–Kier alpha value is -0.730. The van der Waals surface area contributed by atoms with Crippen LogP contribution in [0.3, 0.4) is 0 Å². The second-order valence-electron chi connectivity index (χ2n) is 4.28. The van der Waals surface area contributed by atoms with Crippen molar-refractivity contribution in [3.63, 3.8) is 0 Å². The zero-order chi connectivity index (χ0) is 12.3. The van der Waals surface area contributed by atoms with Gasteiger partial charge in [0.1, 0.15) is 5.82 Å². The second kappa shape index (κ2) is 5.74. The summed E-state index contributed by atoms with van der Waals surface area (Å²) in [4.78, 5) is 0. The van der Waals surface area contributed by atoms with Crippen molar-refractivity contribution in [3.8, 4) is 0 Å². The average molecular weight is 274 g/mol. The molecule has 0 amide bonds. The first-order valence-corrected chi connectivity index (χ1v) is 6.46. The Morgan fingerprint density at radius 1 is 1.24 bits per heavy atom. The van der Waals surface area contributed by atoms with E-state index in [2.05, 4.69) is 17.5 Å². The van der Waals surface area contributed by atoms with E-state index < -0.39 is 5.82 Å². The van der Waals surface area contributed by atoms with Gasteiger partial charge in [0.2, 0.25) is 0 Å². The first-order valence-electron chi connectivity index (χ1n) is 5.70. The molecule has 1 N–H and O–H groups in total. The molecule has 0 aliphatic heterocycles. The van der Waals surface area contributed by atoms with Gasteiger partial charge in [-0.3, -0.25) is 0 Å². The van der Waals surface area contributed by atoms with Crippen LogP contribution in [0.4, 0.5) is 10.1 Å². The zero-order valence-corrected chi connectivity index (χ0v) is 10.9. The molecule has 17 heavy (non-hydrogen) atoms. The van der Waals surface area contributed by atoms with Gasteiger partial charge in [0.25, 0.3) is 0 Å². The third kappa shape index (κ3) is 3.36. The third-order valence-corrected chi connectivity index (χ3v) is 3.55. The number of rotatable bonds is 3. The molecule has 0 aromatic heterocycles. The van der Waals surface area contributed by atoms with Crippen LogP contribution < -0.4 is 5.32 Å². The van der Waals surface area contributed by atoms with Crippen molar-refractivity contribution in [2.24, 2.45) is 5.92 Å². The zero-order valence-electron chi connectivity index (χ0n) is 9.35. The maximum atomic E-state index is 13.0. The molecule has 1 aromatic carbocycles. The molecular formula is C13H14Cl2FN. The number of allylic oxidation sites excluding steroid dienone is 2. The summed E-state index contributed by atoms with van der Waals surface area (Å²) in [6, 6.07) is 2.55. The molecule has 1 aliphatic carbocycles. The molecule has 0 bridgehead atoms. The largest absolute Gasteiger partial charge is 0.382 e. The minimum Gasteiger partial charge on any atom is -0.382 e. The van der Waals surface area contributed by atoms with E-state index in [0.29, 0.717) is 21.7 Å². The molecular weight excluding hydrogens is 260 g/mol. The van der Waals surface area contributed by atoms with E-state index in [-0.39, 0.29) is 0 Å². The Morgan fingerprint density at radius 3 is 2.53 bits per heavy atom. The predicted octanol–water partition coefficient (Wildman–Crippen LogP) is 4.90. The second-order valence-corrected chi connectivity index (χ2v) is 5.09. The molecule has 1 aromatic rings. The highest BCUT2D eigenvalue weighted by molar-refractivity contribution is 6.39. The van der Waals surface area contributed by atoms with Crippen LogP contribution in [0, 0.1) is 11.7 Å². The van der Waals surface area contributed by atoms with E-state index in [0.717, 1.165) is 19.4 Å². The van der Waals surface area contributed by atoms with Crippen molar-refractivity contribution in [1.82, 2.24) is 0 Å². The summed E-state index contributed by atoms with van der Waals surface area (Å²) in [7, 11) is 0. The summed E-state index contributed by atoms with van der Waals surface area (Å²) < 4.78 is 13.0. The number of hydrogen-bond acceptors (Lipinski definition) is 1. The monoisotopic (exact) mass is 273 g/mol. The number of hydrogen-bond donors (Lipinski definition) is 1. The fraction of sp³-hybridized carbons (Fsp3) is 0.385. The van der Waals surface area contributed by atoms with Gasteiger partial charge < -0.3 is 5.32 Å². The maximum absolute atomic E-state index is 13.0.